The lowest BCUT2D eigenvalue weighted by Crippen LogP contribution is -2.25. The van der Waals surface area contributed by atoms with E-state index in [1.54, 1.807) is 30.4 Å². The van der Waals surface area contributed by atoms with Crippen molar-refractivity contribution in [2.45, 2.75) is 6.54 Å². The summed E-state index contributed by atoms with van der Waals surface area (Å²) in [5.74, 6) is -1.91. The molecule has 1 amide bonds. The van der Waals surface area contributed by atoms with E-state index in [0.717, 1.165) is 5.56 Å². The van der Waals surface area contributed by atoms with Gasteiger partial charge in [-0.3, -0.25) is 14.6 Å². The first kappa shape index (κ1) is 20.2. The molecule has 0 aliphatic heterocycles. The number of hydrogen-bond donors (Lipinski definition) is 1. The number of aromatic nitrogens is 2. The Kier molecular flexibility index (Phi) is 5.21. The monoisotopic (exact) mass is 420 g/mol. The predicted molar refractivity (Wildman–Crippen MR) is 114 cm³/mol. The Morgan fingerprint density at radius 1 is 1.16 bits per heavy atom. The first-order valence-electron chi connectivity index (χ1n) is 9.40. The maximum Gasteiger partial charge on any atom is 0.254 e. The third kappa shape index (κ3) is 3.87. The summed E-state index contributed by atoms with van der Waals surface area (Å²) in [5.41, 5.74) is 6.28. The van der Waals surface area contributed by atoms with Crippen molar-refractivity contribution in [3.63, 3.8) is 0 Å². The van der Waals surface area contributed by atoms with Gasteiger partial charge in [0.1, 0.15) is 17.2 Å². The van der Waals surface area contributed by atoms with Gasteiger partial charge in [0.05, 0.1) is 11.2 Å². The third-order valence-corrected chi connectivity index (χ3v) is 5.00. The second kappa shape index (κ2) is 7.98. The number of primary amides is 1. The molecular formula is C23H18F2N4O2. The van der Waals surface area contributed by atoms with Gasteiger partial charge in [-0.15, -0.1) is 0 Å². The molecule has 2 heterocycles. The van der Waals surface area contributed by atoms with Crippen molar-refractivity contribution < 1.29 is 13.6 Å². The van der Waals surface area contributed by atoms with Gasteiger partial charge in [-0.2, -0.15) is 0 Å². The van der Waals surface area contributed by atoms with E-state index in [-0.39, 0.29) is 22.2 Å². The van der Waals surface area contributed by atoms with E-state index in [1.165, 1.54) is 47.2 Å². The number of rotatable bonds is 5. The molecule has 0 radical (unpaired) electrons. The van der Waals surface area contributed by atoms with Crippen LogP contribution >= 0.6 is 0 Å². The maximum absolute atomic E-state index is 15.1. The van der Waals surface area contributed by atoms with Crippen molar-refractivity contribution in [1.29, 1.82) is 0 Å². The molecule has 0 saturated heterocycles. The molecular weight excluding hydrogens is 402 g/mol. The Morgan fingerprint density at radius 3 is 2.55 bits per heavy atom. The van der Waals surface area contributed by atoms with Crippen LogP contribution in [-0.4, -0.2) is 22.5 Å². The van der Waals surface area contributed by atoms with Crippen LogP contribution < -0.4 is 16.1 Å². The number of benzene rings is 2. The number of anilines is 1. The zero-order chi connectivity index (χ0) is 22.1. The highest BCUT2D eigenvalue weighted by molar-refractivity contribution is 5.97. The molecule has 0 unspecified atom stereocenters. The van der Waals surface area contributed by atoms with Crippen LogP contribution in [0.25, 0.3) is 16.6 Å². The lowest BCUT2D eigenvalue weighted by atomic mass is 10.1. The van der Waals surface area contributed by atoms with Crippen molar-refractivity contribution in [3.8, 4) is 5.69 Å². The fourth-order valence-electron chi connectivity index (χ4n) is 3.47. The minimum Gasteiger partial charge on any atom is -0.368 e. The molecule has 0 fully saturated rings. The highest BCUT2D eigenvalue weighted by atomic mass is 19.1. The Labute approximate surface area is 176 Å². The summed E-state index contributed by atoms with van der Waals surface area (Å²) in [6, 6.07) is 11.6. The zero-order valence-electron chi connectivity index (χ0n) is 16.5. The number of nitrogens with zero attached hydrogens (tertiary/aromatic N) is 3. The zero-order valence-corrected chi connectivity index (χ0v) is 16.5. The molecule has 156 valence electrons. The normalized spacial score (nSPS) is 10.9. The van der Waals surface area contributed by atoms with Gasteiger partial charge in [0.15, 0.2) is 0 Å². The Balaban J connectivity index is 1.92. The minimum absolute atomic E-state index is 0.120. The molecule has 0 atom stereocenters. The number of hydrogen-bond acceptors (Lipinski definition) is 4. The number of halogens is 2. The largest absolute Gasteiger partial charge is 0.368 e. The van der Waals surface area contributed by atoms with Gasteiger partial charge in [0.2, 0.25) is 5.43 Å². The van der Waals surface area contributed by atoms with Crippen LogP contribution in [0.1, 0.15) is 15.9 Å². The molecule has 2 N–H and O–H groups in total. The summed E-state index contributed by atoms with van der Waals surface area (Å²) in [4.78, 5) is 30.5. The van der Waals surface area contributed by atoms with Crippen LogP contribution in [0.5, 0.6) is 0 Å². The summed E-state index contributed by atoms with van der Waals surface area (Å²) in [5, 5.41) is 0.120. The smallest absolute Gasteiger partial charge is 0.254 e. The van der Waals surface area contributed by atoms with Crippen LogP contribution in [0.15, 0.2) is 71.9 Å². The lowest BCUT2D eigenvalue weighted by Gasteiger charge is -2.21. The summed E-state index contributed by atoms with van der Waals surface area (Å²) in [6.45, 7) is 0.359. The maximum atomic E-state index is 15.1. The average molecular weight is 420 g/mol. The molecule has 0 bridgehead atoms. The van der Waals surface area contributed by atoms with E-state index >= 15 is 4.39 Å². The number of pyridine rings is 2. The SMILES string of the molecule is CN(Cc1cccnc1)c1cc2c(=O)c(C(N)=O)cn(-c3ccc(F)cc3)c2cc1F. The Morgan fingerprint density at radius 2 is 1.90 bits per heavy atom. The van der Waals surface area contributed by atoms with Gasteiger partial charge in [-0.05, 0) is 42.0 Å². The van der Waals surface area contributed by atoms with Crippen molar-refractivity contribution in [1.82, 2.24) is 9.55 Å². The van der Waals surface area contributed by atoms with Crippen LogP contribution in [0.2, 0.25) is 0 Å². The van der Waals surface area contributed by atoms with E-state index < -0.39 is 23.0 Å². The summed E-state index contributed by atoms with van der Waals surface area (Å²) in [6.07, 6.45) is 4.56. The van der Waals surface area contributed by atoms with E-state index in [2.05, 4.69) is 4.98 Å². The van der Waals surface area contributed by atoms with Crippen LogP contribution in [-0.2, 0) is 6.54 Å². The van der Waals surface area contributed by atoms with Gasteiger partial charge < -0.3 is 15.2 Å². The van der Waals surface area contributed by atoms with E-state index in [4.69, 9.17) is 5.73 Å². The molecule has 8 heteroatoms. The molecule has 0 aliphatic rings. The van der Waals surface area contributed by atoms with E-state index in [0.29, 0.717) is 12.2 Å². The number of amides is 1. The average Bonchev–Trinajstić information content (AvgIpc) is 2.75. The number of nitrogens with two attached hydrogens (primary N) is 1. The van der Waals surface area contributed by atoms with Crippen molar-refractivity contribution >= 4 is 22.5 Å². The van der Waals surface area contributed by atoms with Gasteiger partial charge >= 0.3 is 0 Å². The first-order chi connectivity index (χ1) is 14.8. The molecule has 0 saturated carbocycles. The van der Waals surface area contributed by atoms with Crippen molar-refractivity contribution in [3.05, 3.63) is 100 Å². The van der Waals surface area contributed by atoms with Gasteiger partial charge in [0, 0.05) is 49.3 Å². The minimum atomic E-state index is -0.905. The fraction of sp³-hybridized carbons (Fsp3) is 0.0870. The summed E-state index contributed by atoms with van der Waals surface area (Å²) in [7, 11) is 1.69. The Hall–Kier alpha value is -4.07. The summed E-state index contributed by atoms with van der Waals surface area (Å²) < 4.78 is 29.9. The van der Waals surface area contributed by atoms with Crippen molar-refractivity contribution in [2.24, 2.45) is 5.73 Å². The molecule has 2 aromatic heterocycles. The van der Waals surface area contributed by atoms with Crippen LogP contribution in [0.3, 0.4) is 0 Å². The molecule has 2 aromatic carbocycles. The highest BCUT2D eigenvalue weighted by Crippen LogP contribution is 2.27. The first-order valence-corrected chi connectivity index (χ1v) is 9.40. The Bertz CT molecular complexity index is 1340. The second-order valence-electron chi connectivity index (χ2n) is 7.12. The molecule has 4 aromatic rings. The highest BCUT2D eigenvalue weighted by Gasteiger charge is 2.18. The number of carbonyl (C=O) groups excluding carboxylic acids is 1. The van der Waals surface area contributed by atoms with Crippen LogP contribution in [0.4, 0.5) is 14.5 Å². The second-order valence-corrected chi connectivity index (χ2v) is 7.12. The predicted octanol–water partition coefficient (Wildman–Crippen LogP) is 3.40. The van der Waals surface area contributed by atoms with E-state index in [1.807, 2.05) is 6.07 Å². The number of fused-ring (bicyclic) bond motifs is 1. The van der Waals surface area contributed by atoms with Crippen LogP contribution in [0, 0.1) is 11.6 Å². The van der Waals surface area contributed by atoms with Gasteiger partial charge in [-0.25, -0.2) is 8.78 Å². The topological polar surface area (TPSA) is 81.2 Å². The quantitative estimate of drug-likeness (QED) is 0.537. The molecule has 0 spiro atoms. The fourth-order valence-corrected chi connectivity index (χ4v) is 3.47. The summed E-state index contributed by atoms with van der Waals surface area (Å²) >= 11 is 0. The van der Waals surface area contributed by atoms with E-state index in [9.17, 15) is 14.0 Å². The molecule has 0 aliphatic carbocycles. The molecule has 31 heavy (non-hydrogen) atoms. The van der Waals surface area contributed by atoms with Gasteiger partial charge in [-0.1, -0.05) is 6.07 Å². The van der Waals surface area contributed by atoms with Crippen molar-refractivity contribution in [2.75, 3.05) is 11.9 Å². The van der Waals surface area contributed by atoms with Gasteiger partial charge in [0.25, 0.3) is 5.91 Å². The lowest BCUT2D eigenvalue weighted by molar-refractivity contribution is 0.0999. The standard InChI is InChI=1S/C23H18F2N4O2/c1-28(12-14-3-2-8-27-11-14)21-9-17-20(10-19(21)25)29(13-18(22(17)30)23(26)31)16-6-4-15(24)5-7-16/h2-11,13H,12H2,1H3,(H2,26,31). The molecule has 6 nitrogen and oxygen atoms in total. The number of carbonyl (C=O) groups is 1. The molecule has 4 rings (SSSR count). The third-order valence-electron chi connectivity index (χ3n) is 5.00.